The van der Waals surface area contributed by atoms with E-state index in [0.717, 1.165) is 5.56 Å². The van der Waals surface area contributed by atoms with Gasteiger partial charge in [0.15, 0.2) is 15.7 Å². The van der Waals surface area contributed by atoms with Crippen LogP contribution in [0.15, 0.2) is 72.0 Å². The third-order valence-electron chi connectivity index (χ3n) is 5.03. The third-order valence-corrected chi connectivity index (χ3v) is 7.51. The summed E-state index contributed by atoms with van der Waals surface area (Å²) in [5.74, 6) is 0.558. The van der Waals surface area contributed by atoms with Gasteiger partial charge in [-0.3, -0.25) is 4.68 Å². The van der Waals surface area contributed by atoms with Crippen LogP contribution in [0.2, 0.25) is 5.02 Å². The number of rotatable bonds is 8. The van der Waals surface area contributed by atoms with Crippen LogP contribution in [0.4, 0.5) is 28.8 Å². The summed E-state index contributed by atoms with van der Waals surface area (Å²) in [4.78, 5) is 8.82. The van der Waals surface area contributed by atoms with Crippen molar-refractivity contribution in [1.29, 1.82) is 0 Å². The van der Waals surface area contributed by atoms with E-state index in [4.69, 9.17) is 17.3 Å². The molecule has 176 valence electrons. The van der Waals surface area contributed by atoms with Gasteiger partial charge < -0.3 is 16.4 Å². The molecule has 0 bridgehead atoms. The largest absolute Gasteiger partial charge is 0.399 e. The molecule has 4 N–H and O–H groups in total. The van der Waals surface area contributed by atoms with Gasteiger partial charge >= 0.3 is 0 Å². The number of nitrogens with one attached hydrogen (secondary N) is 2. The molecular weight excluding hydrogens is 474 g/mol. The quantitative estimate of drug-likeness (QED) is 0.301. The van der Waals surface area contributed by atoms with Crippen molar-refractivity contribution in [2.45, 2.75) is 30.5 Å². The number of para-hydroxylation sites is 1. The van der Waals surface area contributed by atoms with Gasteiger partial charge in [0.05, 0.1) is 40.5 Å². The van der Waals surface area contributed by atoms with Crippen LogP contribution in [-0.4, -0.2) is 33.4 Å². The highest BCUT2D eigenvalue weighted by atomic mass is 35.5. The first-order chi connectivity index (χ1) is 16.2. The predicted molar refractivity (Wildman–Crippen MR) is 135 cm³/mol. The summed E-state index contributed by atoms with van der Waals surface area (Å²) < 4.78 is 27.3. The Bertz CT molecular complexity index is 1400. The molecule has 0 radical (unpaired) electrons. The van der Waals surface area contributed by atoms with E-state index < -0.39 is 15.1 Å². The van der Waals surface area contributed by atoms with Crippen LogP contribution >= 0.6 is 11.6 Å². The Balaban J connectivity index is 1.53. The number of benzene rings is 2. The Labute approximate surface area is 202 Å². The van der Waals surface area contributed by atoms with Gasteiger partial charge in [0.2, 0.25) is 5.95 Å². The molecule has 0 amide bonds. The molecule has 0 saturated heterocycles. The summed E-state index contributed by atoms with van der Waals surface area (Å²) in [6, 6.07) is 14.2. The number of aromatic nitrogens is 4. The second-order valence-electron chi connectivity index (χ2n) is 7.90. The lowest BCUT2D eigenvalue weighted by Gasteiger charge is -2.15. The Morgan fingerprint density at radius 1 is 1.06 bits per heavy atom. The Hall–Kier alpha value is -3.63. The lowest BCUT2D eigenvalue weighted by molar-refractivity contribution is 0.588. The zero-order valence-corrected chi connectivity index (χ0v) is 20.2. The molecule has 0 fully saturated rings. The van der Waals surface area contributed by atoms with Gasteiger partial charge in [-0.05, 0) is 43.7 Å². The molecule has 4 aromatic rings. The molecule has 0 atom stereocenters. The van der Waals surface area contributed by atoms with Crippen LogP contribution in [0, 0.1) is 0 Å². The second-order valence-corrected chi connectivity index (χ2v) is 10.8. The molecule has 9 nitrogen and oxygen atoms in total. The highest BCUT2D eigenvalue weighted by Crippen LogP contribution is 2.30. The predicted octanol–water partition coefficient (Wildman–Crippen LogP) is 4.63. The maximum Gasteiger partial charge on any atom is 0.229 e. The molecule has 4 rings (SSSR count). The van der Waals surface area contributed by atoms with Crippen LogP contribution < -0.4 is 16.4 Å². The Morgan fingerprint density at radius 3 is 2.53 bits per heavy atom. The lowest BCUT2D eigenvalue weighted by Crippen LogP contribution is -2.15. The molecule has 0 aliphatic heterocycles. The van der Waals surface area contributed by atoms with E-state index in [-0.39, 0.29) is 21.7 Å². The monoisotopic (exact) mass is 497 g/mol. The van der Waals surface area contributed by atoms with E-state index >= 15 is 0 Å². The van der Waals surface area contributed by atoms with Crippen LogP contribution in [0.3, 0.4) is 0 Å². The van der Waals surface area contributed by atoms with Gasteiger partial charge in [0.1, 0.15) is 5.02 Å². The molecule has 0 unspecified atom stereocenters. The molecule has 0 spiro atoms. The number of nitrogens with two attached hydrogens (primary N) is 1. The first kappa shape index (κ1) is 23.5. The average molecular weight is 498 g/mol. The van der Waals surface area contributed by atoms with E-state index in [1.807, 2.05) is 30.5 Å². The molecule has 2 aromatic carbocycles. The molecule has 2 aromatic heterocycles. The van der Waals surface area contributed by atoms with Crippen LogP contribution in [-0.2, 0) is 16.4 Å². The zero-order chi connectivity index (χ0) is 24.3. The number of halogens is 1. The van der Waals surface area contributed by atoms with Gasteiger partial charge in [-0.25, -0.2) is 13.4 Å². The van der Waals surface area contributed by atoms with Crippen molar-refractivity contribution in [3.05, 3.63) is 77.7 Å². The summed E-state index contributed by atoms with van der Waals surface area (Å²) in [6.45, 7) is 3.86. The summed E-state index contributed by atoms with van der Waals surface area (Å²) in [5.41, 5.74) is 8.58. The minimum atomic E-state index is -3.51. The van der Waals surface area contributed by atoms with Crippen LogP contribution in [0.1, 0.15) is 19.4 Å². The normalized spacial score (nSPS) is 11.5. The molecule has 2 heterocycles. The Morgan fingerprint density at radius 2 is 1.79 bits per heavy atom. The molecular formula is C23H24ClN7O2S. The third kappa shape index (κ3) is 5.29. The smallest absolute Gasteiger partial charge is 0.229 e. The van der Waals surface area contributed by atoms with Gasteiger partial charge in [0, 0.05) is 11.9 Å². The first-order valence-electron chi connectivity index (χ1n) is 10.5. The number of anilines is 5. The maximum absolute atomic E-state index is 12.8. The van der Waals surface area contributed by atoms with E-state index in [1.54, 1.807) is 49.0 Å². The standard InChI is InChI=1S/C23H24ClN7O2S/c1-15(2)34(32,33)21-6-4-3-5-20(21)29-22-19(24)12-26-23(30-22)28-18-11-27-31(14-18)13-16-7-9-17(25)10-8-16/h3-12,14-15H,13,25H2,1-2H3,(H2,26,28,29,30). The van der Waals surface area contributed by atoms with Gasteiger partial charge in [-0.15, -0.1) is 0 Å². The molecule has 11 heteroatoms. The summed E-state index contributed by atoms with van der Waals surface area (Å²) >= 11 is 6.29. The zero-order valence-electron chi connectivity index (χ0n) is 18.6. The van der Waals surface area contributed by atoms with Crippen molar-refractivity contribution in [3.8, 4) is 0 Å². The molecule has 0 saturated carbocycles. The molecule has 0 aliphatic carbocycles. The van der Waals surface area contributed by atoms with Gasteiger partial charge in [-0.1, -0.05) is 35.9 Å². The number of hydrogen-bond acceptors (Lipinski definition) is 8. The number of sulfone groups is 1. The number of hydrogen-bond donors (Lipinski definition) is 3. The minimum absolute atomic E-state index is 0.179. The lowest BCUT2D eigenvalue weighted by atomic mass is 10.2. The summed E-state index contributed by atoms with van der Waals surface area (Å²) in [7, 11) is -3.51. The minimum Gasteiger partial charge on any atom is -0.399 e. The fraction of sp³-hybridized carbons (Fsp3) is 0.174. The Kier molecular flexibility index (Phi) is 6.71. The number of nitrogen functional groups attached to an aromatic ring is 1. The first-order valence-corrected chi connectivity index (χ1v) is 12.4. The van der Waals surface area contributed by atoms with Crippen molar-refractivity contribution < 1.29 is 8.42 Å². The van der Waals surface area contributed by atoms with Gasteiger partial charge in [0.25, 0.3) is 0 Å². The van der Waals surface area contributed by atoms with Crippen molar-refractivity contribution in [2.75, 3.05) is 16.4 Å². The van der Waals surface area contributed by atoms with E-state index in [1.165, 1.54) is 6.20 Å². The average Bonchev–Trinajstić information content (AvgIpc) is 3.24. The van der Waals surface area contributed by atoms with E-state index in [0.29, 0.717) is 23.6 Å². The van der Waals surface area contributed by atoms with Gasteiger partial charge in [-0.2, -0.15) is 10.1 Å². The summed E-state index contributed by atoms with van der Waals surface area (Å²) in [5, 5.41) is 10.2. The fourth-order valence-corrected chi connectivity index (χ4v) is 4.51. The molecule has 34 heavy (non-hydrogen) atoms. The number of nitrogens with zero attached hydrogens (tertiary/aromatic N) is 4. The highest BCUT2D eigenvalue weighted by molar-refractivity contribution is 7.92. The van der Waals surface area contributed by atoms with Crippen LogP contribution in [0.5, 0.6) is 0 Å². The molecule has 0 aliphatic rings. The fourth-order valence-electron chi connectivity index (χ4n) is 3.17. The second kappa shape index (κ2) is 9.70. The van der Waals surface area contributed by atoms with Crippen molar-refractivity contribution in [1.82, 2.24) is 19.7 Å². The van der Waals surface area contributed by atoms with Crippen LogP contribution in [0.25, 0.3) is 0 Å². The van der Waals surface area contributed by atoms with E-state index in [2.05, 4.69) is 25.7 Å². The maximum atomic E-state index is 12.8. The highest BCUT2D eigenvalue weighted by Gasteiger charge is 2.23. The topological polar surface area (TPSA) is 128 Å². The summed E-state index contributed by atoms with van der Waals surface area (Å²) in [6.07, 6.45) is 4.93. The van der Waals surface area contributed by atoms with E-state index in [9.17, 15) is 8.42 Å². The van der Waals surface area contributed by atoms with Crippen molar-refractivity contribution in [3.63, 3.8) is 0 Å². The van der Waals surface area contributed by atoms with Crippen molar-refractivity contribution >= 4 is 50.3 Å². The van der Waals surface area contributed by atoms with Crippen molar-refractivity contribution in [2.24, 2.45) is 0 Å². The SMILES string of the molecule is CC(C)S(=O)(=O)c1ccccc1Nc1nc(Nc2cnn(Cc3ccc(N)cc3)c2)ncc1Cl.